The normalized spacial score (nSPS) is 14.4. The van der Waals surface area contributed by atoms with Crippen LogP contribution in [0.2, 0.25) is 0 Å². The second-order valence-electron chi connectivity index (χ2n) is 3.49. The molecule has 88 valence electrons. The monoisotopic (exact) mass is 242 g/mol. The molecule has 0 saturated carbocycles. The smallest absolute Gasteiger partial charge is 0.337 e. The topological polar surface area (TPSA) is 96.4 Å². The summed E-state index contributed by atoms with van der Waals surface area (Å²) in [6.07, 6.45) is 0.779. The lowest BCUT2D eigenvalue weighted by molar-refractivity contribution is 0.0696. The number of aliphatic hydroxyl groups is 1. The van der Waals surface area contributed by atoms with Crippen molar-refractivity contribution in [3.05, 3.63) is 17.8 Å². The standard InChI is InChI=1S/C10H14N2O3S/c1-5(13)6(2)16-9-8(11)3-7(4-12-9)10(14)15/h3-6,13H,11H2,1-2H3,(H,14,15). The Bertz CT molecular complexity index is 396. The van der Waals surface area contributed by atoms with Crippen LogP contribution in [-0.2, 0) is 0 Å². The second-order valence-corrected chi connectivity index (χ2v) is 4.85. The number of carbonyl (C=O) groups is 1. The number of nitrogen functional groups attached to an aromatic ring is 1. The molecule has 6 heteroatoms. The first-order chi connectivity index (χ1) is 7.41. The molecule has 1 rings (SSSR count). The molecule has 0 aliphatic rings. The van der Waals surface area contributed by atoms with Crippen molar-refractivity contribution < 1.29 is 15.0 Å². The molecule has 0 saturated heterocycles. The molecule has 0 aliphatic carbocycles. The molecule has 1 aromatic rings. The molecule has 0 aliphatic heterocycles. The van der Waals surface area contributed by atoms with Crippen LogP contribution in [0.25, 0.3) is 0 Å². The van der Waals surface area contributed by atoms with Crippen molar-refractivity contribution in [2.45, 2.75) is 30.2 Å². The predicted molar refractivity (Wildman–Crippen MR) is 62.6 cm³/mol. The highest BCUT2D eigenvalue weighted by Gasteiger charge is 2.14. The van der Waals surface area contributed by atoms with Crippen LogP contribution < -0.4 is 5.73 Å². The molecule has 0 bridgehead atoms. The molecule has 0 fully saturated rings. The summed E-state index contributed by atoms with van der Waals surface area (Å²) >= 11 is 1.32. The van der Waals surface area contributed by atoms with Gasteiger partial charge in [-0.05, 0) is 13.0 Å². The van der Waals surface area contributed by atoms with E-state index in [1.54, 1.807) is 6.92 Å². The molecular weight excluding hydrogens is 228 g/mol. The van der Waals surface area contributed by atoms with Crippen molar-refractivity contribution in [3.8, 4) is 0 Å². The number of aromatic nitrogens is 1. The highest BCUT2D eigenvalue weighted by atomic mass is 32.2. The lowest BCUT2D eigenvalue weighted by atomic mass is 10.3. The minimum absolute atomic E-state index is 0.0505. The Labute approximate surface area is 97.7 Å². The maximum Gasteiger partial charge on any atom is 0.337 e. The summed E-state index contributed by atoms with van der Waals surface area (Å²) in [5.74, 6) is -1.06. The summed E-state index contributed by atoms with van der Waals surface area (Å²) in [5, 5.41) is 18.5. The van der Waals surface area contributed by atoms with Crippen LogP contribution in [-0.4, -0.2) is 32.5 Å². The lowest BCUT2D eigenvalue weighted by Crippen LogP contribution is -2.15. The third kappa shape index (κ3) is 3.11. The Morgan fingerprint density at radius 1 is 1.56 bits per heavy atom. The number of anilines is 1. The summed E-state index contributed by atoms with van der Waals surface area (Å²) in [6.45, 7) is 3.53. The number of aliphatic hydroxyl groups excluding tert-OH is 1. The largest absolute Gasteiger partial charge is 0.478 e. The number of nitrogens with zero attached hydrogens (tertiary/aromatic N) is 1. The van der Waals surface area contributed by atoms with Gasteiger partial charge in [-0.25, -0.2) is 9.78 Å². The number of rotatable bonds is 4. The number of hydrogen-bond donors (Lipinski definition) is 3. The molecule has 2 unspecified atom stereocenters. The van der Waals surface area contributed by atoms with Gasteiger partial charge in [0.2, 0.25) is 0 Å². The van der Waals surface area contributed by atoms with Crippen LogP contribution in [0.15, 0.2) is 17.3 Å². The third-order valence-electron chi connectivity index (χ3n) is 2.10. The minimum Gasteiger partial charge on any atom is -0.478 e. The van der Waals surface area contributed by atoms with Crippen molar-refractivity contribution in [3.63, 3.8) is 0 Å². The first kappa shape index (κ1) is 12.8. The molecule has 0 aromatic carbocycles. The van der Waals surface area contributed by atoms with Gasteiger partial charge in [0.25, 0.3) is 0 Å². The Morgan fingerprint density at radius 3 is 2.62 bits per heavy atom. The number of carboxylic acids is 1. The van der Waals surface area contributed by atoms with E-state index >= 15 is 0 Å². The van der Waals surface area contributed by atoms with Gasteiger partial charge in [0.05, 0.1) is 17.4 Å². The van der Waals surface area contributed by atoms with Gasteiger partial charge in [0.15, 0.2) is 0 Å². The van der Waals surface area contributed by atoms with Crippen LogP contribution in [0.3, 0.4) is 0 Å². The van der Waals surface area contributed by atoms with Crippen LogP contribution in [0.1, 0.15) is 24.2 Å². The van der Waals surface area contributed by atoms with Gasteiger partial charge in [-0.1, -0.05) is 18.7 Å². The van der Waals surface area contributed by atoms with E-state index in [4.69, 9.17) is 10.8 Å². The van der Waals surface area contributed by atoms with Gasteiger partial charge in [-0.3, -0.25) is 0 Å². The van der Waals surface area contributed by atoms with Crippen LogP contribution >= 0.6 is 11.8 Å². The molecule has 0 amide bonds. The van der Waals surface area contributed by atoms with Gasteiger partial charge in [-0.2, -0.15) is 0 Å². The minimum atomic E-state index is -1.06. The van der Waals surface area contributed by atoms with Gasteiger partial charge in [0, 0.05) is 11.4 Å². The number of hydrogen-bond acceptors (Lipinski definition) is 5. The fraction of sp³-hybridized carbons (Fsp3) is 0.400. The Morgan fingerprint density at radius 2 is 2.19 bits per heavy atom. The van der Waals surface area contributed by atoms with Gasteiger partial charge in [0.1, 0.15) is 5.03 Å². The second kappa shape index (κ2) is 5.18. The van der Waals surface area contributed by atoms with Crippen molar-refractivity contribution in [2.75, 3.05) is 5.73 Å². The van der Waals surface area contributed by atoms with Crippen LogP contribution in [0.4, 0.5) is 5.69 Å². The van der Waals surface area contributed by atoms with Crippen molar-refractivity contribution in [1.82, 2.24) is 4.98 Å². The molecule has 1 aromatic heterocycles. The summed E-state index contributed by atoms with van der Waals surface area (Å²) in [7, 11) is 0. The molecular formula is C10H14N2O3S. The van der Waals surface area contributed by atoms with Crippen LogP contribution in [0.5, 0.6) is 0 Å². The van der Waals surface area contributed by atoms with E-state index in [1.165, 1.54) is 24.0 Å². The SMILES string of the molecule is CC(O)C(C)Sc1ncc(C(=O)O)cc1N. The van der Waals surface area contributed by atoms with E-state index in [1.807, 2.05) is 6.92 Å². The number of carboxylic acid groups (broad SMARTS) is 1. The van der Waals surface area contributed by atoms with E-state index in [-0.39, 0.29) is 10.8 Å². The maximum absolute atomic E-state index is 10.7. The van der Waals surface area contributed by atoms with E-state index in [9.17, 15) is 9.90 Å². The predicted octanol–water partition coefficient (Wildman–Crippen LogP) is 1.22. The van der Waals surface area contributed by atoms with E-state index in [2.05, 4.69) is 4.98 Å². The Kier molecular flexibility index (Phi) is 4.14. The quantitative estimate of drug-likeness (QED) is 0.687. The van der Waals surface area contributed by atoms with Crippen molar-refractivity contribution in [2.24, 2.45) is 0 Å². The van der Waals surface area contributed by atoms with Gasteiger partial charge >= 0.3 is 5.97 Å². The summed E-state index contributed by atoms with van der Waals surface area (Å²) < 4.78 is 0. The number of thioether (sulfide) groups is 1. The van der Waals surface area contributed by atoms with E-state index in [0.29, 0.717) is 10.7 Å². The zero-order valence-corrected chi connectivity index (χ0v) is 9.86. The summed E-state index contributed by atoms with van der Waals surface area (Å²) in [5.41, 5.74) is 6.06. The first-order valence-corrected chi connectivity index (χ1v) is 5.63. The highest BCUT2D eigenvalue weighted by molar-refractivity contribution is 8.00. The average molecular weight is 242 g/mol. The lowest BCUT2D eigenvalue weighted by Gasteiger charge is -2.14. The Balaban J connectivity index is 2.87. The highest BCUT2D eigenvalue weighted by Crippen LogP contribution is 2.28. The molecule has 2 atom stereocenters. The number of pyridine rings is 1. The number of aromatic carboxylic acids is 1. The zero-order chi connectivity index (χ0) is 12.3. The molecule has 1 heterocycles. The van der Waals surface area contributed by atoms with Gasteiger partial charge in [-0.15, -0.1) is 0 Å². The fourth-order valence-corrected chi connectivity index (χ4v) is 1.82. The first-order valence-electron chi connectivity index (χ1n) is 4.75. The third-order valence-corrected chi connectivity index (χ3v) is 3.43. The molecule has 5 nitrogen and oxygen atoms in total. The summed E-state index contributed by atoms with van der Waals surface area (Å²) in [6, 6.07) is 1.37. The molecule has 0 radical (unpaired) electrons. The van der Waals surface area contributed by atoms with Crippen molar-refractivity contribution >= 4 is 23.4 Å². The van der Waals surface area contributed by atoms with E-state index < -0.39 is 12.1 Å². The van der Waals surface area contributed by atoms with Crippen molar-refractivity contribution in [1.29, 1.82) is 0 Å². The van der Waals surface area contributed by atoms with Crippen LogP contribution in [0, 0.1) is 0 Å². The maximum atomic E-state index is 10.7. The molecule has 16 heavy (non-hydrogen) atoms. The summed E-state index contributed by atoms with van der Waals surface area (Å²) in [4.78, 5) is 14.6. The Hall–Kier alpha value is -1.27. The molecule has 4 N–H and O–H groups in total. The fourth-order valence-electron chi connectivity index (χ4n) is 0.959. The molecule has 0 spiro atoms. The number of nitrogens with two attached hydrogens (primary N) is 1. The van der Waals surface area contributed by atoms with E-state index in [0.717, 1.165) is 0 Å². The average Bonchev–Trinajstić information content (AvgIpc) is 2.20. The van der Waals surface area contributed by atoms with Gasteiger partial charge < -0.3 is 15.9 Å². The zero-order valence-electron chi connectivity index (χ0n) is 9.04.